The second-order valence-corrected chi connectivity index (χ2v) is 10.2. The van der Waals surface area contributed by atoms with Crippen molar-refractivity contribution in [2.75, 3.05) is 13.9 Å². The summed E-state index contributed by atoms with van der Waals surface area (Å²) in [7, 11) is 1.39. The van der Waals surface area contributed by atoms with Crippen molar-refractivity contribution in [2.45, 2.75) is 39.4 Å². The van der Waals surface area contributed by atoms with E-state index in [-0.39, 0.29) is 29.4 Å². The van der Waals surface area contributed by atoms with Gasteiger partial charge >= 0.3 is 11.9 Å². The average Bonchev–Trinajstić information content (AvgIpc) is 3.03. The molecule has 0 N–H and O–H groups in total. The molecule has 0 fully saturated rings. The van der Waals surface area contributed by atoms with Crippen LogP contribution in [0.1, 0.15) is 49.3 Å². The maximum atomic E-state index is 14.0. The van der Waals surface area contributed by atoms with E-state index in [1.54, 1.807) is 19.9 Å². The van der Waals surface area contributed by atoms with Gasteiger partial charge in [0.05, 0.1) is 13.0 Å². The number of Topliss-reactive ketones (excluding diaryl/α,β-unsaturated/α-hetero) is 1. The molecule has 0 bridgehead atoms. The first-order chi connectivity index (χ1) is 21.7. The highest BCUT2D eigenvalue weighted by molar-refractivity contribution is 5.99. The largest absolute Gasteiger partial charge is 0.493 e. The molecular weight excluding hydrogens is 581 g/mol. The van der Waals surface area contributed by atoms with Crippen LogP contribution in [0, 0.1) is 11.7 Å². The molecule has 0 spiro atoms. The van der Waals surface area contributed by atoms with E-state index in [0.29, 0.717) is 5.56 Å². The molecule has 4 aromatic rings. The lowest BCUT2D eigenvalue weighted by Gasteiger charge is -2.27. The minimum atomic E-state index is -0.875. The van der Waals surface area contributed by atoms with Gasteiger partial charge in [-0.25, -0.2) is 9.37 Å². The van der Waals surface area contributed by atoms with E-state index in [1.807, 2.05) is 54.6 Å². The van der Waals surface area contributed by atoms with E-state index in [1.165, 1.54) is 44.5 Å². The number of methoxy groups -OCH3 is 1. The summed E-state index contributed by atoms with van der Waals surface area (Å²) in [5.74, 6) is -2.60. The van der Waals surface area contributed by atoms with Gasteiger partial charge in [-0.1, -0.05) is 61.5 Å². The molecular formula is C35H34FNO8. The molecule has 0 aliphatic carbocycles. The minimum Gasteiger partial charge on any atom is -0.493 e. The molecule has 1 heterocycles. The van der Waals surface area contributed by atoms with Gasteiger partial charge in [-0.2, -0.15) is 0 Å². The predicted molar refractivity (Wildman–Crippen MR) is 163 cm³/mol. The highest BCUT2D eigenvalue weighted by Crippen LogP contribution is 2.33. The van der Waals surface area contributed by atoms with Crippen molar-refractivity contribution >= 4 is 17.7 Å². The molecule has 0 aliphatic rings. The van der Waals surface area contributed by atoms with Gasteiger partial charge in [0.15, 0.2) is 29.1 Å². The lowest BCUT2D eigenvalue weighted by molar-refractivity contribution is -0.157. The van der Waals surface area contributed by atoms with Crippen molar-refractivity contribution in [1.29, 1.82) is 0 Å². The normalized spacial score (nSPS) is 12.7. The van der Waals surface area contributed by atoms with Crippen LogP contribution in [-0.4, -0.2) is 42.7 Å². The van der Waals surface area contributed by atoms with Crippen LogP contribution < -0.4 is 14.2 Å². The summed E-state index contributed by atoms with van der Waals surface area (Å²) in [6.07, 6.45) is -0.520. The summed E-state index contributed by atoms with van der Waals surface area (Å²) in [5, 5.41) is 0. The third-order valence-electron chi connectivity index (χ3n) is 6.82. The first-order valence-corrected chi connectivity index (χ1v) is 14.3. The number of hydrogen-bond acceptors (Lipinski definition) is 9. The topological polar surface area (TPSA) is 110 Å². The molecule has 234 valence electrons. The van der Waals surface area contributed by atoms with Gasteiger partial charge in [0.2, 0.25) is 6.79 Å². The van der Waals surface area contributed by atoms with Gasteiger partial charge in [-0.3, -0.25) is 14.4 Å². The van der Waals surface area contributed by atoms with Crippen molar-refractivity contribution in [1.82, 2.24) is 4.98 Å². The molecule has 3 atom stereocenters. The van der Waals surface area contributed by atoms with Crippen LogP contribution in [0.3, 0.4) is 0 Å². The van der Waals surface area contributed by atoms with Gasteiger partial charge in [-0.15, -0.1) is 0 Å². The van der Waals surface area contributed by atoms with Crippen molar-refractivity contribution in [2.24, 2.45) is 5.92 Å². The van der Waals surface area contributed by atoms with Gasteiger partial charge in [0, 0.05) is 31.7 Å². The van der Waals surface area contributed by atoms with Crippen molar-refractivity contribution in [3.63, 3.8) is 0 Å². The number of aromatic nitrogens is 1. The summed E-state index contributed by atoms with van der Waals surface area (Å²) in [6, 6.07) is 24.6. The van der Waals surface area contributed by atoms with Crippen molar-refractivity contribution in [3.8, 4) is 28.4 Å². The minimum absolute atomic E-state index is 0.0120. The predicted octanol–water partition coefficient (Wildman–Crippen LogP) is 6.76. The molecule has 1 aromatic heterocycles. The molecule has 4 rings (SSSR count). The summed E-state index contributed by atoms with van der Waals surface area (Å²) in [6.45, 7) is 4.00. The van der Waals surface area contributed by atoms with E-state index in [9.17, 15) is 18.8 Å². The van der Waals surface area contributed by atoms with Crippen molar-refractivity contribution < 1.29 is 42.5 Å². The van der Waals surface area contributed by atoms with Gasteiger partial charge in [0.25, 0.3) is 0 Å². The van der Waals surface area contributed by atoms with Crippen LogP contribution in [0.25, 0.3) is 11.1 Å². The Morgan fingerprint density at radius 3 is 2.33 bits per heavy atom. The molecule has 0 aliphatic heterocycles. The third-order valence-corrected chi connectivity index (χ3v) is 6.82. The molecule has 0 amide bonds. The third kappa shape index (κ3) is 8.88. The van der Waals surface area contributed by atoms with Crippen LogP contribution in [0.4, 0.5) is 4.39 Å². The van der Waals surface area contributed by atoms with E-state index in [4.69, 9.17) is 23.7 Å². The fraction of sp³-hybridized carbons (Fsp3) is 0.257. The number of esters is 2. The van der Waals surface area contributed by atoms with E-state index in [2.05, 4.69) is 4.98 Å². The zero-order chi connectivity index (χ0) is 32.3. The van der Waals surface area contributed by atoms with Crippen molar-refractivity contribution in [3.05, 3.63) is 108 Å². The standard InChI is InChI=1S/C35H34FNO8/c1-22(18-30(39)32-34(43-21-42-24(3)38)31(41-4)16-17-37-32)35(40)44-23(2)33(45-29-15-9-14-28(36)20-29)27-13-8-12-26(19-27)25-10-6-5-7-11-25/h5-17,19-20,22-23,33H,18,21H2,1-4H3/t22-,23+,33+/m1/s1. The first-order valence-electron chi connectivity index (χ1n) is 14.3. The molecule has 0 saturated carbocycles. The summed E-state index contributed by atoms with van der Waals surface area (Å²) in [4.78, 5) is 41.8. The van der Waals surface area contributed by atoms with Gasteiger partial charge < -0.3 is 23.7 Å². The number of benzene rings is 3. The zero-order valence-electron chi connectivity index (χ0n) is 25.4. The summed E-state index contributed by atoms with van der Waals surface area (Å²) < 4.78 is 41.6. The number of nitrogens with zero attached hydrogens (tertiary/aromatic N) is 1. The average molecular weight is 616 g/mol. The lowest BCUT2D eigenvalue weighted by Crippen LogP contribution is -2.30. The molecule has 10 heteroatoms. The molecule has 45 heavy (non-hydrogen) atoms. The van der Waals surface area contributed by atoms with Gasteiger partial charge in [-0.05, 0) is 41.8 Å². The fourth-order valence-corrected chi connectivity index (χ4v) is 4.57. The molecule has 3 aromatic carbocycles. The maximum Gasteiger partial charge on any atom is 0.309 e. The lowest BCUT2D eigenvalue weighted by atomic mass is 9.98. The van der Waals surface area contributed by atoms with Crippen LogP contribution in [0.5, 0.6) is 17.2 Å². The zero-order valence-corrected chi connectivity index (χ0v) is 25.4. The number of carbonyl (C=O) groups is 3. The quantitative estimate of drug-likeness (QED) is 0.0863. The maximum absolute atomic E-state index is 14.0. The van der Waals surface area contributed by atoms with Crippen LogP contribution in [0.2, 0.25) is 0 Å². The second-order valence-electron chi connectivity index (χ2n) is 10.2. The summed E-state index contributed by atoms with van der Waals surface area (Å²) in [5.41, 5.74) is 2.54. The SMILES string of the molecule is COc1ccnc(C(=O)C[C@@H](C)C(=O)O[C@@H](C)[C@H](Oc2cccc(F)c2)c2cccc(-c3ccccc3)c2)c1OCOC(C)=O. The Morgan fingerprint density at radius 2 is 1.62 bits per heavy atom. The molecule has 0 saturated heterocycles. The number of pyridine rings is 1. The Labute approximate surface area is 260 Å². The van der Waals surface area contributed by atoms with E-state index >= 15 is 0 Å². The highest BCUT2D eigenvalue weighted by atomic mass is 19.1. The molecule has 9 nitrogen and oxygen atoms in total. The van der Waals surface area contributed by atoms with E-state index in [0.717, 1.165) is 11.1 Å². The van der Waals surface area contributed by atoms with Crippen LogP contribution in [-0.2, 0) is 19.1 Å². The Balaban J connectivity index is 1.52. The number of ketones is 1. The Kier molecular flexibility index (Phi) is 11.2. The Morgan fingerprint density at radius 1 is 0.889 bits per heavy atom. The van der Waals surface area contributed by atoms with Crippen LogP contribution in [0.15, 0.2) is 91.1 Å². The smallest absolute Gasteiger partial charge is 0.309 e. The number of carbonyl (C=O) groups excluding carboxylic acids is 3. The first kappa shape index (κ1) is 32.7. The Bertz CT molecular complexity index is 1630. The molecule has 0 unspecified atom stereocenters. The molecule has 0 radical (unpaired) electrons. The monoisotopic (exact) mass is 615 g/mol. The Hall–Kier alpha value is -5.25. The second kappa shape index (κ2) is 15.5. The summed E-state index contributed by atoms with van der Waals surface area (Å²) >= 11 is 0. The van der Waals surface area contributed by atoms with Gasteiger partial charge in [0.1, 0.15) is 17.7 Å². The number of hydrogen-bond donors (Lipinski definition) is 0. The number of halogens is 1. The van der Waals surface area contributed by atoms with Crippen LogP contribution >= 0.6 is 0 Å². The fourth-order valence-electron chi connectivity index (χ4n) is 4.57. The highest BCUT2D eigenvalue weighted by Gasteiger charge is 2.30. The number of rotatable bonds is 14. The van der Waals surface area contributed by atoms with E-state index < -0.39 is 48.5 Å². The number of ether oxygens (including phenoxy) is 5.